The fraction of sp³-hybridized carbons (Fsp3) is 0.733. The normalized spacial score (nSPS) is 11.1. The molecule has 0 saturated carbocycles. The van der Waals surface area contributed by atoms with Crippen LogP contribution in [-0.2, 0) is 9.47 Å². The molecule has 38 heavy (non-hydrogen) atoms. The number of nitrogens with one attached hydrogen (secondary N) is 2. The molecule has 0 fully saturated rings. The Hall–Kier alpha value is -2.32. The third-order valence-electron chi connectivity index (χ3n) is 6.48. The van der Waals surface area contributed by atoms with E-state index < -0.39 is 12.2 Å². The van der Waals surface area contributed by atoms with Crippen molar-refractivity contribution in [2.75, 3.05) is 64.1 Å². The van der Waals surface area contributed by atoms with Crippen molar-refractivity contribution in [3.63, 3.8) is 0 Å². The maximum Gasteiger partial charge on any atom is 0.411 e. The first-order valence-corrected chi connectivity index (χ1v) is 14.8. The summed E-state index contributed by atoms with van der Waals surface area (Å²) in [5, 5.41) is 5.44. The highest BCUT2D eigenvalue weighted by atomic mass is 16.6. The van der Waals surface area contributed by atoms with E-state index in [-0.39, 0.29) is 0 Å². The van der Waals surface area contributed by atoms with Crippen molar-refractivity contribution in [3.05, 3.63) is 24.3 Å². The van der Waals surface area contributed by atoms with Crippen LogP contribution >= 0.6 is 0 Å². The fourth-order valence-corrected chi connectivity index (χ4v) is 4.18. The molecule has 2 amide bonds. The second-order valence-electron chi connectivity index (χ2n) is 10.2. The topological polar surface area (TPSA) is 83.1 Å². The molecular formula is C30H54N4O4. The minimum Gasteiger partial charge on any atom is -0.449 e. The van der Waals surface area contributed by atoms with Gasteiger partial charge in [0.25, 0.3) is 0 Å². The van der Waals surface area contributed by atoms with Crippen molar-refractivity contribution in [1.29, 1.82) is 0 Å². The van der Waals surface area contributed by atoms with Crippen molar-refractivity contribution in [1.82, 2.24) is 9.80 Å². The van der Waals surface area contributed by atoms with E-state index in [0.717, 1.165) is 39.0 Å². The SMILES string of the molecule is CCCCCCCN(C)CCCOC(=O)Nc1cccc(NC(=O)OCCCN(C)CCCCCCC)c1. The number of hydrogen-bond acceptors (Lipinski definition) is 6. The molecule has 8 heteroatoms. The minimum atomic E-state index is -0.499. The summed E-state index contributed by atoms with van der Waals surface area (Å²) in [7, 11) is 4.22. The summed E-state index contributed by atoms with van der Waals surface area (Å²) in [6.07, 6.45) is 13.3. The highest BCUT2D eigenvalue weighted by Gasteiger charge is 2.08. The first-order valence-electron chi connectivity index (χ1n) is 14.8. The Morgan fingerprint density at radius 2 is 1.03 bits per heavy atom. The van der Waals surface area contributed by atoms with Gasteiger partial charge in [-0.05, 0) is 71.1 Å². The summed E-state index contributed by atoms with van der Waals surface area (Å²) in [4.78, 5) is 28.9. The molecule has 0 radical (unpaired) electrons. The molecule has 0 unspecified atom stereocenters. The fourth-order valence-electron chi connectivity index (χ4n) is 4.18. The summed E-state index contributed by atoms with van der Waals surface area (Å²) in [6.45, 7) is 9.14. The van der Waals surface area contributed by atoms with Gasteiger partial charge in [-0.25, -0.2) is 9.59 Å². The quantitative estimate of drug-likeness (QED) is 0.151. The highest BCUT2D eigenvalue weighted by Crippen LogP contribution is 2.16. The highest BCUT2D eigenvalue weighted by molar-refractivity contribution is 5.88. The Labute approximate surface area is 231 Å². The van der Waals surface area contributed by atoms with Gasteiger partial charge in [0.2, 0.25) is 0 Å². The van der Waals surface area contributed by atoms with Gasteiger partial charge in [-0.15, -0.1) is 0 Å². The molecule has 1 rings (SSSR count). The van der Waals surface area contributed by atoms with Gasteiger partial charge < -0.3 is 19.3 Å². The van der Waals surface area contributed by atoms with Crippen LogP contribution in [0.25, 0.3) is 0 Å². The van der Waals surface area contributed by atoms with Gasteiger partial charge >= 0.3 is 12.2 Å². The lowest BCUT2D eigenvalue weighted by molar-refractivity contribution is 0.154. The number of hydrogen-bond donors (Lipinski definition) is 2. The van der Waals surface area contributed by atoms with Crippen LogP contribution in [0.5, 0.6) is 0 Å². The van der Waals surface area contributed by atoms with Crippen LogP contribution in [0, 0.1) is 0 Å². The van der Waals surface area contributed by atoms with E-state index in [4.69, 9.17) is 9.47 Å². The second kappa shape index (κ2) is 22.6. The Morgan fingerprint density at radius 3 is 1.45 bits per heavy atom. The molecule has 0 aliphatic heterocycles. The third kappa shape index (κ3) is 18.9. The van der Waals surface area contributed by atoms with Crippen molar-refractivity contribution >= 4 is 23.6 Å². The van der Waals surface area contributed by atoms with E-state index in [0.29, 0.717) is 24.6 Å². The Kier molecular flexibility index (Phi) is 20.1. The number of unbranched alkanes of at least 4 members (excludes halogenated alkanes) is 8. The molecule has 0 aliphatic carbocycles. The van der Waals surface area contributed by atoms with Gasteiger partial charge in [0, 0.05) is 24.5 Å². The van der Waals surface area contributed by atoms with Crippen LogP contribution in [0.15, 0.2) is 24.3 Å². The number of carbonyl (C=O) groups is 2. The van der Waals surface area contributed by atoms with Gasteiger partial charge in [0.05, 0.1) is 13.2 Å². The van der Waals surface area contributed by atoms with Crippen LogP contribution < -0.4 is 10.6 Å². The number of anilines is 2. The minimum absolute atomic E-state index is 0.365. The average molecular weight is 535 g/mol. The molecule has 8 nitrogen and oxygen atoms in total. The molecule has 1 aromatic carbocycles. The first kappa shape index (κ1) is 33.7. The van der Waals surface area contributed by atoms with E-state index in [1.54, 1.807) is 24.3 Å². The Bertz CT molecular complexity index is 689. The summed E-state index contributed by atoms with van der Waals surface area (Å²) in [5.41, 5.74) is 1.11. The van der Waals surface area contributed by atoms with Crippen molar-refractivity contribution in [2.45, 2.75) is 90.9 Å². The van der Waals surface area contributed by atoms with Crippen LogP contribution in [-0.4, -0.2) is 75.5 Å². The monoisotopic (exact) mass is 534 g/mol. The Balaban J connectivity index is 2.17. The summed E-state index contributed by atoms with van der Waals surface area (Å²) >= 11 is 0. The largest absolute Gasteiger partial charge is 0.449 e. The zero-order valence-electron chi connectivity index (χ0n) is 24.6. The van der Waals surface area contributed by atoms with E-state index in [9.17, 15) is 9.59 Å². The molecule has 0 aliphatic rings. The van der Waals surface area contributed by atoms with Gasteiger partial charge in [0.15, 0.2) is 0 Å². The molecule has 0 spiro atoms. The first-order chi connectivity index (χ1) is 18.4. The summed E-state index contributed by atoms with van der Waals surface area (Å²) < 4.78 is 10.6. The van der Waals surface area contributed by atoms with E-state index in [2.05, 4.69) is 48.4 Å². The van der Waals surface area contributed by atoms with Crippen molar-refractivity contribution in [2.24, 2.45) is 0 Å². The van der Waals surface area contributed by atoms with E-state index >= 15 is 0 Å². The number of ether oxygens (including phenoxy) is 2. The smallest absolute Gasteiger partial charge is 0.411 e. The maximum atomic E-state index is 12.1. The lowest BCUT2D eigenvalue weighted by Gasteiger charge is -2.16. The van der Waals surface area contributed by atoms with Gasteiger partial charge in [0.1, 0.15) is 0 Å². The summed E-state index contributed by atoms with van der Waals surface area (Å²) in [6, 6.07) is 6.95. The molecular weight excluding hydrogens is 480 g/mol. The average Bonchev–Trinajstić information content (AvgIpc) is 2.89. The standard InChI is InChI=1S/C30H54N4O4/c1-5-7-9-11-13-20-33(3)22-16-24-37-29(35)31-27-18-15-19-28(26-27)32-30(36)38-25-17-23-34(4)21-14-12-10-8-6-2/h15,18-19,26H,5-14,16-17,20-25H2,1-4H3,(H,31,35)(H,32,36). The number of benzene rings is 1. The molecule has 218 valence electrons. The molecule has 1 aromatic rings. The molecule has 0 heterocycles. The van der Waals surface area contributed by atoms with Crippen LogP contribution in [0.4, 0.5) is 21.0 Å². The zero-order valence-corrected chi connectivity index (χ0v) is 24.6. The van der Waals surface area contributed by atoms with Gasteiger partial charge in [-0.1, -0.05) is 71.3 Å². The third-order valence-corrected chi connectivity index (χ3v) is 6.48. The second-order valence-corrected chi connectivity index (χ2v) is 10.2. The maximum absolute atomic E-state index is 12.1. The number of rotatable bonds is 22. The zero-order chi connectivity index (χ0) is 27.8. The van der Waals surface area contributed by atoms with Crippen LogP contribution in [0.1, 0.15) is 90.9 Å². The predicted octanol–water partition coefficient (Wildman–Crippen LogP) is 7.37. The number of amides is 2. The van der Waals surface area contributed by atoms with Crippen LogP contribution in [0.2, 0.25) is 0 Å². The molecule has 0 atom stereocenters. The van der Waals surface area contributed by atoms with Crippen LogP contribution in [0.3, 0.4) is 0 Å². The Morgan fingerprint density at radius 1 is 0.632 bits per heavy atom. The van der Waals surface area contributed by atoms with E-state index in [1.807, 2.05) is 0 Å². The number of nitrogens with zero attached hydrogens (tertiary/aromatic N) is 2. The molecule has 0 saturated heterocycles. The molecule has 0 aromatic heterocycles. The lowest BCUT2D eigenvalue weighted by atomic mass is 10.1. The van der Waals surface area contributed by atoms with Crippen molar-refractivity contribution in [3.8, 4) is 0 Å². The van der Waals surface area contributed by atoms with Gasteiger partial charge in [-0.2, -0.15) is 0 Å². The summed E-state index contributed by atoms with van der Waals surface area (Å²) in [5.74, 6) is 0. The lowest BCUT2D eigenvalue weighted by Crippen LogP contribution is -2.23. The molecule has 0 bridgehead atoms. The van der Waals surface area contributed by atoms with Gasteiger partial charge in [-0.3, -0.25) is 10.6 Å². The number of carbonyl (C=O) groups excluding carboxylic acids is 2. The molecule has 2 N–H and O–H groups in total. The van der Waals surface area contributed by atoms with E-state index in [1.165, 1.54) is 64.2 Å². The van der Waals surface area contributed by atoms with Crippen molar-refractivity contribution < 1.29 is 19.1 Å². The predicted molar refractivity (Wildman–Crippen MR) is 158 cm³/mol.